The Morgan fingerprint density at radius 3 is 2.33 bits per heavy atom. The number of amides is 3. The molecule has 6 nitrogen and oxygen atoms in total. The summed E-state index contributed by atoms with van der Waals surface area (Å²) in [6, 6.07) is 0. The molecule has 0 radical (unpaired) electrons. The maximum absolute atomic E-state index is 10.7. The number of piperazine rings is 1. The fourth-order valence-electron chi connectivity index (χ4n) is 1.03. The van der Waals surface area contributed by atoms with Crippen molar-refractivity contribution in [3.63, 3.8) is 0 Å². The summed E-state index contributed by atoms with van der Waals surface area (Å²) >= 11 is 0. The van der Waals surface area contributed by atoms with E-state index in [1.807, 2.05) is 0 Å². The summed E-state index contributed by atoms with van der Waals surface area (Å²) in [6.07, 6.45) is 0. The Labute approximate surface area is 68.7 Å². The molecule has 0 atom stereocenters. The van der Waals surface area contributed by atoms with Gasteiger partial charge in [0.2, 0.25) is 17.7 Å². The molecule has 0 aliphatic carbocycles. The summed E-state index contributed by atoms with van der Waals surface area (Å²) in [6.45, 7) is 0.0442. The summed E-state index contributed by atoms with van der Waals surface area (Å²) < 4.78 is 0. The van der Waals surface area contributed by atoms with E-state index in [2.05, 4.69) is 5.32 Å². The molecule has 0 unspecified atom stereocenters. The molecule has 66 valence electrons. The van der Waals surface area contributed by atoms with Crippen LogP contribution in [0.3, 0.4) is 0 Å². The van der Waals surface area contributed by atoms with Crippen molar-refractivity contribution in [2.24, 2.45) is 5.73 Å². The number of imide groups is 1. The molecule has 0 saturated carbocycles. The van der Waals surface area contributed by atoms with E-state index < -0.39 is 17.7 Å². The lowest BCUT2D eigenvalue weighted by Gasteiger charge is -2.23. The van der Waals surface area contributed by atoms with Crippen molar-refractivity contribution in [2.75, 3.05) is 19.6 Å². The second-order valence-corrected chi connectivity index (χ2v) is 2.58. The lowest BCUT2D eigenvalue weighted by Crippen LogP contribution is -2.53. The molecule has 0 aromatic heterocycles. The average Bonchev–Trinajstić information content (AvgIpc) is 1.81. The first-order valence-electron chi connectivity index (χ1n) is 3.41. The monoisotopic (exact) mass is 171 g/mol. The lowest BCUT2D eigenvalue weighted by molar-refractivity contribution is -0.136. The quantitative estimate of drug-likeness (QED) is 0.447. The Hall–Kier alpha value is -1.43. The molecule has 0 aromatic carbocycles. The van der Waals surface area contributed by atoms with Crippen LogP contribution >= 0.6 is 0 Å². The van der Waals surface area contributed by atoms with E-state index in [1.165, 1.54) is 4.90 Å². The molecule has 1 rings (SSSR count). The first-order chi connectivity index (χ1) is 5.58. The van der Waals surface area contributed by atoms with Crippen molar-refractivity contribution < 1.29 is 14.4 Å². The summed E-state index contributed by atoms with van der Waals surface area (Å²) in [4.78, 5) is 33.3. The predicted molar refractivity (Wildman–Crippen MR) is 38.8 cm³/mol. The van der Waals surface area contributed by atoms with Crippen LogP contribution in [-0.4, -0.2) is 42.3 Å². The van der Waals surface area contributed by atoms with E-state index in [-0.39, 0.29) is 19.6 Å². The molecule has 1 heterocycles. The number of carbonyl (C=O) groups excluding carboxylic acids is 3. The average molecular weight is 171 g/mol. The number of hydrogen-bond donors (Lipinski definition) is 2. The Morgan fingerprint density at radius 2 is 1.92 bits per heavy atom. The van der Waals surface area contributed by atoms with Crippen molar-refractivity contribution in [3.8, 4) is 0 Å². The summed E-state index contributed by atoms with van der Waals surface area (Å²) in [5.41, 5.74) is 4.89. The van der Waals surface area contributed by atoms with Crippen molar-refractivity contribution in [1.82, 2.24) is 10.2 Å². The van der Waals surface area contributed by atoms with E-state index in [0.29, 0.717) is 0 Å². The number of nitrogens with zero attached hydrogens (tertiary/aromatic N) is 1. The Kier molecular flexibility index (Phi) is 2.39. The first kappa shape index (κ1) is 8.66. The van der Waals surface area contributed by atoms with Crippen molar-refractivity contribution in [1.29, 1.82) is 0 Å². The minimum absolute atomic E-state index is 0.0503. The number of primary amides is 1. The highest BCUT2D eigenvalue weighted by Crippen LogP contribution is 1.92. The van der Waals surface area contributed by atoms with Gasteiger partial charge in [0.05, 0.1) is 19.6 Å². The lowest BCUT2D eigenvalue weighted by atomic mass is 10.3. The van der Waals surface area contributed by atoms with E-state index in [9.17, 15) is 14.4 Å². The van der Waals surface area contributed by atoms with Crippen LogP contribution in [0.15, 0.2) is 0 Å². The van der Waals surface area contributed by atoms with Gasteiger partial charge in [-0.05, 0) is 0 Å². The van der Waals surface area contributed by atoms with Crippen LogP contribution in [0.4, 0.5) is 0 Å². The summed E-state index contributed by atoms with van der Waals surface area (Å²) in [7, 11) is 0. The molecule has 0 spiro atoms. The summed E-state index contributed by atoms with van der Waals surface area (Å²) in [5.74, 6) is -1.34. The minimum Gasteiger partial charge on any atom is -0.369 e. The van der Waals surface area contributed by atoms with Gasteiger partial charge in [-0.15, -0.1) is 0 Å². The molecular formula is C6H9N3O3. The molecule has 6 heteroatoms. The van der Waals surface area contributed by atoms with Crippen LogP contribution in [0.25, 0.3) is 0 Å². The van der Waals surface area contributed by atoms with Crippen LogP contribution < -0.4 is 11.1 Å². The van der Waals surface area contributed by atoms with Gasteiger partial charge in [0, 0.05) is 0 Å². The molecule has 0 bridgehead atoms. The zero-order chi connectivity index (χ0) is 9.14. The number of carbonyl (C=O) groups is 3. The molecule has 3 N–H and O–H groups in total. The van der Waals surface area contributed by atoms with Crippen LogP contribution in [0, 0.1) is 0 Å². The van der Waals surface area contributed by atoms with Gasteiger partial charge in [0.25, 0.3) is 0 Å². The van der Waals surface area contributed by atoms with E-state index in [1.54, 1.807) is 0 Å². The van der Waals surface area contributed by atoms with Gasteiger partial charge >= 0.3 is 0 Å². The molecule has 1 fully saturated rings. The normalized spacial score (nSPS) is 19.0. The van der Waals surface area contributed by atoms with E-state index in [0.717, 1.165) is 0 Å². The topological polar surface area (TPSA) is 92.5 Å². The fraction of sp³-hybridized carbons (Fsp3) is 0.500. The molecule has 1 aliphatic heterocycles. The number of hydrogen-bond acceptors (Lipinski definition) is 4. The molecule has 3 amide bonds. The smallest absolute Gasteiger partial charge is 0.240 e. The number of nitrogens with one attached hydrogen (secondary N) is 1. The van der Waals surface area contributed by atoms with Crippen LogP contribution in [0.2, 0.25) is 0 Å². The number of nitrogens with two attached hydrogens (primary N) is 1. The van der Waals surface area contributed by atoms with Crippen molar-refractivity contribution in [3.05, 3.63) is 0 Å². The zero-order valence-corrected chi connectivity index (χ0v) is 6.37. The third-order valence-electron chi connectivity index (χ3n) is 1.39. The maximum Gasteiger partial charge on any atom is 0.240 e. The zero-order valence-electron chi connectivity index (χ0n) is 6.37. The molecule has 1 aliphatic rings. The Morgan fingerprint density at radius 1 is 1.42 bits per heavy atom. The highest BCUT2D eigenvalue weighted by molar-refractivity contribution is 5.99. The maximum atomic E-state index is 10.7. The largest absolute Gasteiger partial charge is 0.369 e. The van der Waals surface area contributed by atoms with Crippen molar-refractivity contribution in [2.45, 2.75) is 0 Å². The van der Waals surface area contributed by atoms with Crippen LogP contribution in [-0.2, 0) is 14.4 Å². The second-order valence-electron chi connectivity index (χ2n) is 2.58. The SMILES string of the molecule is NC(=O)CN1CC(=O)NC(=O)C1. The van der Waals surface area contributed by atoms with Gasteiger partial charge in [-0.3, -0.25) is 24.6 Å². The van der Waals surface area contributed by atoms with Gasteiger partial charge in [-0.2, -0.15) is 0 Å². The molecule has 12 heavy (non-hydrogen) atoms. The van der Waals surface area contributed by atoms with Gasteiger partial charge in [-0.1, -0.05) is 0 Å². The molecule has 0 aromatic rings. The van der Waals surface area contributed by atoms with E-state index in [4.69, 9.17) is 5.73 Å². The Bertz CT molecular complexity index is 219. The number of rotatable bonds is 2. The highest BCUT2D eigenvalue weighted by atomic mass is 16.2. The van der Waals surface area contributed by atoms with E-state index >= 15 is 0 Å². The first-order valence-corrected chi connectivity index (χ1v) is 3.41. The fourth-order valence-corrected chi connectivity index (χ4v) is 1.03. The van der Waals surface area contributed by atoms with Crippen LogP contribution in [0.1, 0.15) is 0 Å². The standard InChI is InChI=1S/C6H9N3O3/c7-4(10)1-9-2-5(11)8-6(12)3-9/h1-3H2,(H2,7,10)(H,8,11,12). The predicted octanol–water partition coefficient (Wildman–Crippen LogP) is -2.57. The third kappa shape index (κ3) is 2.31. The molecule has 1 saturated heterocycles. The highest BCUT2D eigenvalue weighted by Gasteiger charge is 2.22. The molecular weight excluding hydrogens is 162 g/mol. The second kappa shape index (κ2) is 3.31. The van der Waals surface area contributed by atoms with Gasteiger partial charge in [0.1, 0.15) is 0 Å². The minimum atomic E-state index is -0.544. The van der Waals surface area contributed by atoms with Crippen LogP contribution in [0.5, 0.6) is 0 Å². The summed E-state index contributed by atoms with van der Waals surface area (Å²) in [5, 5.41) is 2.11. The van der Waals surface area contributed by atoms with Gasteiger partial charge in [0.15, 0.2) is 0 Å². The Balaban J connectivity index is 2.49. The van der Waals surface area contributed by atoms with Gasteiger partial charge in [-0.25, -0.2) is 0 Å². The van der Waals surface area contributed by atoms with Crippen molar-refractivity contribution >= 4 is 17.7 Å². The van der Waals surface area contributed by atoms with Gasteiger partial charge < -0.3 is 5.73 Å². The third-order valence-corrected chi connectivity index (χ3v) is 1.39.